The summed E-state index contributed by atoms with van der Waals surface area (Å²) in [6.45, 7) is 0. The minimum Gasteiger partial charge on any atom is -0.453 e. The zero-order chi connectivity index (χ0) is 14.7. The van der Waals surface area contributed by atoms with Crippen molar-refractivity contribution in [2.45, 2.75) is 0 Å². The Kier molecular flexibility index (Phi) is 2.18. The van der Waals surface area contributed by atoms with Crippen LogP contribution >= 0.6 is 0 Å². The fraction of sp³-hybridized carbons (Fsp3) is 0. The van der Waals surface area contributed by atoms with Crippen molar-refractivity contribution in [2.75, 3.05) is 4.90 Å². The number of fused-ring (bicyclic) bond motifs is 4. The van der Waals surface area contributed by atoms with E-state index in [1.165, 1.54) is 0 Å². The van der Waals surface area contributed by atoms with Crippen LogP contribution in [0, 0.1) is 0 Å². The third-order valence-electron chi connectivity index (χ3n) is 3.96. The molecule has 0 saturated heterocycles. The molecular weight excluding hydrogens is 273 g/mol. The van der Waals surface area contributed by atoms with Crippen molar-refractivity contribution in [1.82, 2.24) is 0 Å². The van der Waals surface area contributed by atoms with Crippen molar-refractivity contribution in [2.24, 2.45) is 0 Å². The lowest BCUT2D eigenvalue weighted by atomic mass is 9.95. The summed E-state index contributed by atoms with van der Waals surface area (Å²) >= 11 is 0. The van der Waals surface area contributed by atoms with Gasteiger partial charge >= 0.3 is 0 Å². The second kappa shape index (κ2) is 4.07. The molecule has 3 nitrogen and oxygen atoms in total. The van der Waals surface area contributed by atoms with Gasteiger partial charge in [0.2, 0.25) is 0 Å². The first-order valence-corrected chi connectivity index (χ1v) is 7.09. The highest BCUT2D eigenvalue weighted by atomic mass is 16.5. The molecule has 3 aromatic carbocycles. The average molecular weight is 283 g/mol. The summed E-state index contributed by atoms with van der Waals surface area (Å²) in [4.78, 5) is 2.17. The molecule has 0 unspecified atom stereocenters. The Labute approximate surface area is 129 Å². The minimum absolute atomic E-state index is 0.680. The van der Waals surface area contributed by atoms with Crippen LogP contribution in [0.1, 0.15) is 0 Å². The summed E-state index contributed by atoms with van der Waals surface area (Å²) in [6.07, 6.45) is 0. The number of hydrogen-bond donors (Lipinski definition) is 0. The molecule has 0 N–H and O–H groups in total. The summed E-state index contributed by atoms with van der Waals surface area (Å²) in [5.41, 5.74) is 3.57. The van der Waals surface area contributed by atoms with E-state index in [9.17, 15) is 0 Å². The van der Waals surface area contributed by atoms with Crippen molar-refractivity contribution in [3.8, 4) is 23.0 Å². The van der Waals surface area contributed by atoms with E-state index in [2.05, 4.69) is 4.90 Å². The molecule has 2 aliphatic rings. The number of anilines is 3. The van der Waals surface area contributed by atoms with E-state index in [1.807, 2.05) is 60.7 Å². The molecule has 4 heteroatoms. The number of benzene rings is 3. The van der Waals surface area contributed by atoms with Crippen molar-refractivity contribution in [3.05, 3.63) is 60.7 Å². The number of para-hydroxylation sites is 3. The molecule has 102 valence electrons. The summed E-state index contributed by atoms with van der Waals surface area (Å²) in [5, 5.41) is 0. The normalized spacial score (nSPS) is 13.4. The maximum Gasteiger partial charge on any atom is 0.155 e. The van der Waals surface area contributed by atoms with E-state index in [0.29, 0.717) is 5.46 Å². The van der Waals surface area contributed by atoms with Crippen LogP contribution in [0.15, 0.2) is 60.7 Å². The second-order valence-corrected chi connectivity index (χ2v) is 5.34. The third kappa shape index (κ3) is 1.47. The molecule has 2 radical (unpaired) electrons. The van der Waals surface area contributed by atoms with Crippen LogP contribution < -0.4 is 19.8 Å². The first-order valence-electron chi connectivity index (χ1n) is 7.09. The molecule has 2 aliphatic heterocycles. The van der Waals surface area contributed by atoms with Crippen LogP contribution in [0.3, 0.4) is 0 Å². The van der Waals surface area contributed by atoms with Crippen molar-refractivity contribution >= 4 is 30.4 Å². The molecule has 0 aliphatic carbocycles. The summed E-state index contributed by atoms with van der Waals surface area (Å²) in [6, 6.07) is 19.5. The van der Waals surface area contributed by atoms with Gasteiger partial charge in [0.15, 0.2) is 23.0 Å². The molecule has 2 heterocycles. The fourth-order valence-corrected chi connectivity index (χ4v) is 3.02. The first kappa shape index (κ1) is 11.7. The Morgan fingerprint density at radius 1 is 0.682 bits per heavy atom. The molecular formula is C18H10BNO2. The Morgan fingerprint density at radius 2 is 1.36 bits per heavy atom. The van der Waals surface area contributed by atoms with E-state index in [-0.39, 0.29) is 0 Å². The molecule has 0 bridgehead atoms. The van der Waals surface area contributed by atoms with E-state index in [1.54, 1.807) is 0 Å². The maximum atomic E-state index is 6.02. The first-order chi connectivity index (χ1) is 10.8. The SMILES string of the molecule is [B]c1ccc2c(c1)Oc1cccc3c1N2c1ccccc1O3. The van der Waals surface area contributed by atoms with E-state index < -0.39 is 0 Å². The van der Waals surface area contributed by atoms with Gasteiger partial charge < -0.3 is 9.47 Å². The molecule has 0 fully saturated rings. The van der Waals surface area contributed by atoms with Gasteiger partial charge in [-0.05, 0) is 36.4 Å². The standard InChI is InChI=1S/C18H10BNO2/c19-11-8-9-13-17(10-11)22-16-7-3-6-15-18(16)20(13)12-4-1-2-5-14(12)21-15/h1-10H. The van der Waals surface area contributed by atoms with Crippen molar-refractivity contribution < 1.29 is 9.47 Å². The fourth-order valence-electron chi connectivity index (χ4n) is 3.02. The molecule has 3 aromatic rings. The van der Waals surface area contributed by atoms with Gasteiger partial charge in [0.25, 0.3) is 0 Å². The summed E-state index contributed by atoms with van der Waals surface area (Å²) < 4.78 is 12.0. The molecule has 0 amide bonds. The zero-order valence-corrected chi connectivity index (χ0v) is 11.6. The lowest BCUT2D eigenvalue weighted by Gasteiger charge is -2.37. The van der Waals surface area contributed by atoms with Gasteiger partial charge in [-0.3, -0.25) is 4.90 Å². The Bertz CT molecular complexity index is 923. The van der Waals surface area contributed by atoms with Crippen LogP contribution in [0.25, 0.3) is 0 Å². The Hall–Kier alpha value is -2.88. The lowest BCUT2D eigenvalue weighted by Crippen LogP contribution is -2.21. The van der Waals surface area contributed by atoms with Gasteiger partial charge in [-0.25, -0.2) is 0 Å². The Balaban J connectivity index is 1.86. The smallest absolute Gasteiger partial charge is 0.155 e. The van der Waals surface area contributed by atoms with Crippen molar-refractivity contribution in [3.63, 3.8) is 0 Å². The molecule has 0 spiro atoms. The third-order valence-corrected chi connectivity index (χ3v) is 3.96. The largest absolute Gasteiger partial charge is 0.453 e. The topological polar surface area (TPSA) is 21.7 Å². The average Bonchev–Trinajstić information content (AvgIpc) is 2.54. The molecule has 0 aromatic heterocycles. The Morgan fingerprint density at radius 3 is 2.23 bits per heavy atom. The van der Waals surface area contributed by atoms with Gasteiger partial charge in [-0.1, -0.05) is 29.7 Å². The predicted molar refractivity (Wildman–Crippen MR) is 86.7 cm³/mol. The molecule has 5 rings (SSSR count). The number of hydrogen-bond acceptors (Lipinski definition) is 3. The molecule has 0 atom stereocenters. The van der Waals surface area contributed by atoms with Gasteiger partial charge in [-0.15, -0.1) is 0 Å². The predicted octanol–water partition coefficient (Wildman–Crippen LogP) is 4.16. The van der Waals surface area contributed by atoms with Gasteiger partial charge in [0, 0.05) is 0 Å². The monoisotopic (exact) mass is 283 g/mol. The quantitative estimate of drug-likeness (QED) is 0.398. The number of nitrogens with zero attached hydrogens (tertiary/aromatic N) is 1. The van der Waals surface area contributed by atoms with Crippen LogP contribution in [0.4, 0.5) is 17.1 Å². The lowest BCUT2D eigenvalue weighted by molar-refractivity contribution is 0.446. The van der Waals surface area contributed by atoms with E-state index in [4.69, 9.17) is 17.3 Å². The van der Waals surface area contributed by atoms with Crippen LogP contribution in [0.2, 0.25) is 0 Å². The van der Waals surface area contributed by atoms with Crippen LogP contribution in [-0.2, 0) is 0 Å². The highest BCUT2D eigenvalue weighted by Crippen LogP contribution is 2.58. The number of rotatable bonds is 0. The van der Waals surface area contributed by atoms with Crippen molar-refractivity contribution in [1.29, 1.82) is 0 Å². The van der Waals surface area contributed by atoms with Gasteiger partial charge in [0.1, 0.15) is 13.5 Å². The number of ether oxygens (including phenoxy) is 2. The molecule has 0 saturated carbocycles. The van der Waals surface area contributed by atoms with E-state index in [0.717, 1.165) is 40.1 Å². The zero-order valence-electron chi connectivity index (χ0n) is 11.6. The highest BCUT2D eigenvalue weighted by Gasteiger charge is 2.33. The summed E-state index contributed by atoms with van der Waals surface area (Å²) in [5.74, 6) is 3.14. The minimum atomic E-state index is 0.680. The summed E-state index contributed by atoms with van der Waals surface area (Å²) in [7, 11) is 5.90. The van der Waals surface area contributed by atoms with Crippen LogP contribution in [-0.4, -0.2) is 7.85 Å². The van der Waals surface area contributed by atoms with Crippen LogP contribution in [0.5, 0.6) is 23.0 Å². The second-order valence-electron chi connectivity index (χ2n) is 5.34. The molecule has 22 heavy (non-hydrogen) atoms. The highest BCUT2D eigenvalue weighted by molar-refractivity contribution is 6.32. The van der Waals surface area contributed by atoms with Gasteiger partial charge in [0.05, 0.1) is 11.4 Å². The maximum absolute atomic E-state index is 6.02. The van der Waals surface area contributed by atoms with E-state index >= 15 is 0 Å². The van der Waals surface area contributed by atoms with Gasteiger partial charge in [-0.2, -0.15) is 0 Å².